The van der Waals surface area contributed by atoms with Gasteiger partial charge in [-0.05, 0) is 61.1 Å². The second-order valence-electron chi connectivity index (χ2n) is 5.72. The zero-order valence-electron chi connectivity index (χ0n) is 15.0. The van der Waals surface area contributed by atoms with Gasteiger partial charge in [-0.1, -0.05) is 6.92 Å². The number of H-pyrrole nitrogens is 1. The summed E-state index contributed by atoms with van der Waals surface area (Å²) < 4.78 is 6.99. The minimum atomic E-state index is 0.475. The van der Waals surface area contributed by atoms with E-state index >= 15 is 0 Å². The fourth-order valence-corrected chi connectivity index (χ4v) is 3.82. The Kier molecular flexibility index (Phi) is 6.06. The van der Waals surface area contributed by atoms with Gasteiger partial charge in [0.2, 0.25) is 5.96 Å². The first kappa shape index (κ1) is 18.9. The smallest absolute Gasteiger partial charge is 0.217 e. The van der Waals surface area contributed by atoms with Crippen molar-refractivity contribution in [3.8, 4) is 11.9 Å². The van der Waals surface area contributed by atoms with E-state index in [4.69, 9.17) is 17.0 Å². The molecule has 2 aromatic carbocycles. The Morgan fingerprint density at radius 2 is 2.11 bits per heavy atom. The Morgan fingerprint density at radius 3 is 2.78 bits per heavy atom. The first-order valence-corrected chi connectivity index (χ1v) is 9.65. The number of nitrogens with one attached hydrogen (secondary N) is 2. The summed E-state index contributed by atoms with van der Waals surface area (Å²) in [6.07, 6.45) is 2.89. The lowest BCUT2D eigenvalue weighted by atomic mass is 10.2. The Bertz CT molecular complexity index is 1050. The van der Waals surface area contributed by atoms with Crippen molar-refractivity contribution in [3.05, 3.63) is 46.4 Å². The molecule has 0 atom stereocenters. The molecule has 0 bridgehead atoms. The van der Waals surface area contributed by atoms with Crippen molar-refractivity contribution in [1.29, 1.82) is 5.26 Å². The first-order valence-electron chi connectivity index (χ1n) is 8.43. The molecule has 0 spiro atoms. The van der Waals surface area contributed by atoms with Gasteiger partial charge in [0.15, 0.2) is 10.1 Å². The molecule has 8 heteroatoms. The second-order valence-corrected chi connectivity index (χ2v) is 7.44. The van der Waals surface area contributed by atoms with Crippen LogP contribution in [0.3, 0.4) is 0 Å². The molecule has 0 fully saturated rings. The highest BCUT2D eigenvalue weighted by Crippen LogP contribution is 2.26. The van der Waals surface area contributed by atoms with Crippen molar-refractivity contribution >= 4 is 51.1 Å². The number of ether oxygens (including phenoxy) is 1. The second kappa shape index (κ2) is 8.66. The Labute approximate surface area is 166 Å². The monoisotopic (exact) mass is 397 g/mol. The van der Waals surface area contributed by atoms with Crippen molar-refractivity contribution in [2.45, 2.75) is 13.3 Å². The van der Waals surface area contributed by atoms with E-state index < -0.39 is 0 Å². The minimum Gasteiger partial charge on any atom is -0.497 e. The number of methoxy groups -OCH3 is 1. The number of aromatic amines is 1. The number of aromatic nitrogens is 1. The van der Waals surface area contributed by atoms with Gasteiger partial charge in [-0.25, -0.2) is 4.99 Å². The molecule has 0 aliphatic heterocycles. The molecule has 0 saturated carbocycles. The highest BCUT2D eigenvalue weighted by molar-refractivity contribution is 7.73. The number of hydrogen-bond donors (Lipinski definition) is 2. The lowest BCUT2D eigenvalue weighted by molar-refractivity contribution is 0.415. The molecule has 1 heterocycles. The fourth-order valence-electron chi connectivity index (χ4n) is 2.67. The molecule has 6 nitrogen and oxygen atoms in total. The van der Waals surface area contributed by atoms with E-state index in [1.807, 2.05) is 47.5 Å². The molecule has 0 radical (unpaired) electrons. The molecule has 2 N–H and O–H groups in total. The average Bonchev–Trinajstić information content (AvgIpc) is 3.05. The summed E-state index contributed by atoms with van der Waals surface area (Å²) in [6, 6.07) is 13.4. The van der Waals surface area contributed by atoms with Crippen LogP contribution in [0.15, 0.2) is 47.5 Å². The maximum absolute atomic E-state index is 9.23. The maximum Gasteiger partial charge on any atom is 0.217 e. The largest absolute Gasteiger partial charge is 0.497 e. The molecule has 1 aromatic heterocycles. The molecular formula is C19H19N5OS2. The van der Waals surface area contributed by atoms with E-state index in [2.05, 4.69) is 28.3 Å². The Balaban J connectivity index is 2.02. The van der Waals surface area contributed by atoms with E-state index in [1.54, 1.807) is 7.11 Å². The van der Waals surface area contributed by atoms with E-state index in [0.717, 1.165) is 37.7 Å². The van der Waals surface area contributed by atoms with Crippen molar-refractivity contribution < 1.29 is 4.74 Å². The summed E-state index contributed by atoms with van der Waals surface area (Å²) in [7, 11) is 1.62. The Morgan fingerprint density at radius 1 is 1.33 bits per heavy atom. The van der Waals surface area contributed by atoms with Gasteiger partial charge in [0, 0.05) is 12.2 Å². The number of benzene rings is 2. The lowest BCUT2D eigenvalue weighted by Gasteiger charge is -2.24. The number of hydrogen-bond acceptors (Lipinski definition) is 5. The molecule has 0 unspecified atom stereocenters. The normalized spacial score (nSPS) is 11.2. The number of nitriles is 1. The van der Waals surface area contributed by atoms with Crippen LogP contribution in [0.5, 0.6) is 5.75 Å². The van der Waals surface area contributed by atoms with Gasteiger partial charge in [0.1, 0.15) is 5.75 Å². The molecule has 3 aromatic rings. The van der Waals surface area contributed by atoms with Gasteiger partial charge < -0.3 is 14.6 Å². The van der Waals surface area contributed by atoms with Crippen molar-refractivity contribution in [2.24, 2.45) is 4.99 Å². The molecule has 0 aliphatic rings. The van der Waals surface area contributed by atoms with Crippen LogP contribution in [0, 0.1) is 15.4 Å². The molecule has 27 heavy (non-hydrogen) atoms. The third kappa shape index (κ3) is 4.45. The topological polar surface area (TPSA) is 76.4 Å². The summed E-state index contributed by atoms with van der Waals surface area (Å²) in [5.41, 5.74) is 2.68. The van der Waals surface area contributed by atoms with Crippen molar-refractivity contribution in [2.75, 3.05) is 18.6 Å². The SMILES string of the molecule is CCCN(C(=Nc1ccc(OC)cc1)NC#N)c1ccc2[nH]c(=S)sc2c1. The number of thiazole rings is 1. The van der Waals surface area contributed by atoms with Crippen molar-refractivity contribution in [3.63, 3.8) is 0 Å². The van der Waals surface area contributed by atoms with E-state index in [1.165, 1.54) is 11.3 Å². The number of aliphatic imine (C=N–C) groups is 1. The van der Waals surface area contributed by atoms with Crippen LogP contribution in [0.25, 0.3) is 10.2 Å². The van der Waals surface area contributed by atoms with Gasteiger partial charge in [-0.3, -0.25) is 5.32 Å². The van der Waals surface area contributed by atoms with E-state index in [-0.39, 0.29) is 0 Å². The number of rotatable bonds is 5. The summed E-state index contributed by atoms with van der Waals surface area (Å²) in [4.78, 5) is 9.79. The molecular weight excluding hydrogens is 378 g/mol. The van der Waals surface area contributed by atoms with Gasteiger partial charge in [-0.2, -0.15) is 5.26 Å². The van der Waals surface area contributed by atoms with Crippen LogP contribution in [0.2, 0.25) is 0 Å². The molecule has 138 valence electrons. The predicted octanol–water partition coefficient (Wildman–Crippen LogP) is 4.94. The summed E-state index contributed by atoms with van der Waals surface area (Å²) >= 11 is 6.76. The van der Waals surface area contributed by atoms with Crippen LogP contribution in [-0.2, 0) is 0 Å². The standard InChI is InChI=1S/C19H19N5OS2/c1-3-10-24(14-6-9-16-17(11-14)27-19(26)23-16)18(21-12-20)22-13-4-7-15(25-2)8-5-13/h4-9,11H,3,10H2,1-2H3,(H,21,22)(H,23,26). The highest BCUT2D eigenvalue weighted by atomic mass is 32.1. The number of fused-ring (bicyclic) bond motifs is 1. The third-order valence-electron chi connectivity index (χ3n) is 3.89. The highest BCUT2D eigenvalue weighted by Gasteiger charge is 2.14. The van der Waals surface area contributed by atoms with Gasteiger partial charge >= 0.3 is 0 Å². The van der Waals surface area contributed by atoms with Gasteiger partial charge in [0.05, 0.1) is 23.0 Å². The third-order valence-corrected chi connectivity index (χ3v) is 5.09. The number of anilines is 1. The number of guanidine groups is 1. The first-order chi connectivity index (χ1) is 13.1. The minimum absolute atomic E-state index is 0.475. The molecule has 3 rings (SSSR count). The predicted molar refractivity (Wildman–Crippen MR) is 113 cm³/mol. The maximum atomic E-state index is 9.23. The zero-order valence-corrected chi connectivity index (χ0v) is 16.7. The fraction of sp³-hybridized carbons (Fsp3) is 0.211. The Hall–Kier alpha value is -2.89. The van der Waals surface area contributed by atoms with Crippen LogP contribution >= 0.6 is 23.6 Å². The quantitative estimate of drug-likeness (QED) is 0.210. The molecule has 0 amide bonds. The molecule has 0 aliphatic carbocycles. The average molecular weight is 398 g/mol. The van der Waals surface area contributed by atoms with Gasteiger partial charge in [0.25, 0.3) is 0 Å². The van der Waals surface area contributed by atoms with Crippen LogP contribution < -0.4 is 15.0 Å². The van der Waals surface area contributed by atoms with Crippen LogP contribution in [0.4, 0.5) is 11.4 Å². The number of nitrogens with zero attached hydrogens (tertiary/aromatic N) is 3. The van der Waals surface area contributed by atoms with Crippen molar-refractivity contribution in [1.82, 2.24) is 10.3 Å². The lowest BCUT2D eigenvalue weighted by Crippen LogP contribution is -2.39. The van der Waals surface area contributed by atoms with E-state index in [0.29, 0.717) is 12.5 Å². The summed E-state index contributed by atoms with van der Waals surface area (Å²) in [6.45, 7) is 2.80. The van der Waals surface area contributed by atoms with Crippen LogP contribution in [-0.4, -0.2) is 24.6 Å². The van der Waals surface area contributed by atoms with E-state index in [9.17, 15) is 5.26 Å². The van der Waals surface area contributed by atoms with Gasteiger partial charge in [-0.15, -0.1) is 11.3 Å². The summed E-state index contributed by atoms with van der Waals surface area (Å²) in [5, 5.41) is 12.0. The molecule has 0 saturated heterocycles. The van der Waals surface area contributed by atoms with Crippen LogP contribution in [0.1, 0.15) is 13.3 Å². The summed E-state index contributed by atoms with van der Waals surface area (Å²) in [5.74, 6) is 1.23. The zero-order chi connectivity index (χ0) is 19.2.